The minimum Gasteiger partial charge on any atom is -0.494 e. The molecule has 0 bridgehead atoms. The molecule has 0 saturated heterocycles. The molecule has 0 aliphatic rings. The molecule has 34 heavy (non-hydrogen) atoms. The summed E-state index contributed by atoms with van der Waals surface area (Å²) in [6.07, 6.45) is 1.95. The summed E-state index contributed by atoms with van der Waals surface area (Å²) in [6.45, 7) is 4.86. The summed E-state index contributed by atoms with van der Waals surface area (Å²) in [4.78, 5) is 27.3. The van der Waals surface area contributed by atoms with E-state index in [-0.39, 0.29) is 19.1 Å². The smallest absolute Gasteiger partial charge is 0.338 e. The monoisotopic (exact) mass is 499 g/mol. The van der Waals surface area contributed by atoms with Crippen molar-refractivity contribution in [2.45, 2.75) is 33.2 Å². The fraction of sp³-hybridized carbons (Fsp3) is 0.259. The number of anilines is 1. The van der Waals surface area contributed by atoms with E-state index in [1.807, 2.05) is 6.07 Å². The standard InChI is InChI=1S/C27H27Cl2NO4/c1-3-5-16-34-22-9-6-8-20(17-22)26(31)30(18-23-24(28)10-7-11-25(23)29)21-14-12-19(13-15-21)27(32)33-4-2/h6-15,17H,3-5,16,18H2,1-2H3. The Morgan fingerprint density at radius 2 is 1.56 bits per heavy atom. The minimum absolute atomic E-state index is 0.150. The van der Waals surface area contributed by atoms with Crippen molar-refractivity contribution in [2.75, 3.05) is 18.1 Å². The molecule has 1 amide bonds. The second-order valence-electron chi connectivity index (χ2n) is 7.59. The SMILES string of the molecule is CCCCOc1cccc(C(=O)N(Cc2c(Cl)cccc2Cl)c2ccc(C(=O)OCC)cc2)c1. The van der Waals surface area contributed by atoms with Gasteiger partial charge in [0.05, 0.1) is 25.3 Å². The summed E-state index contributed by atoms with van der Waals surface area (Å²) in [6, 6.07) is 19.0. The van der Waals surface area contributed by atoms with Crippen molar-refractivity contribution in [3.8, 4) is 5.75 Å². The predicted molar refractivity (Wildman–Crippen MR) is 136 cm³/mol. The molecule has 178 valence electrons. The number of benzene rings is 3. The Hall–Kier alpha value is -3.02. The van der Waals surface area contributed by atoms with E-state index in [0.29, 0.717) is 44.8 Å². The molecule has 0 unspecified atom stereocenters. The van der Waals surface area contributed by atoms with Crippen molar-refractivity contribution >= 4 is 40.8 Å². The molecular weight excluding hydrogens is 473 g/mol. The van der Waals surface area contributed by atoms with Crippen LogP contribution < -0.4 is 9.64 Å². The van der Waals surface area contributed by atoms with Crippen molar-refractivity contribution in [1.82, 2.24) is 0 Å². The second-order valence-corrected chi connectivity index (χ2v) is 8.40. The van der Waals surface area contributed by atoms with E-state index >= 15 is 0 Å². The van der Waals surface area contributed by atoms with Crippen molar-refractivity contribution in [3.63, 3.8) is 0 Å². The maximum absolute atomic E-state index is 13.7. The predicted octanol–water partition coefficient (Wildman–Crippen LogP) is 7.20. The zero-order chi connectivity index (χ0) is 24.5. The van der Waals surface area contributed by atoms with Crippen LogP contribution in [0.15, 0.2) is 66.7 Å². The number of ether oxygens (including phenoxy) is 2. The number of halogens is 2. The van der Waals surface area contributed by atoms with Gasteiger partial charge in [0.1, 0.15) is 5.75 Å². The molecule has 0 radical (unpaired) electrons. The summed E-state index contributed by atoms with van der Waals surface area (Å²) < 4.78 is 10.8. The molecule has 0 saturated carbocycles. The largest absolute Gasteiger partial charge is 0.494 e. The van der Waals surface area contributed by atoms with Gasteiger partial charge in [0.15, 0.2) is 0 Å². The van der Waals surface area contributed by atoms with Crippen LogP contribution in [0.5, 0.6) is 5.75 Å². The molecule has 0 aromatic heterocycles. The van der Waals surface area contributed by atoms with Crippen LogP contribution >= 0.6 is 23.2 Å². The molecule has 0 aliphatic carbocycles. The fourth-order valence-electron chi connectivity index (χ4n) is 3.32. The lowest BCUT2D eigenvalue weighted by atomic mass is 10.1. The van der Waals surface area contributed by atoms with Gasteiger partial charge >= 0.3 is 5.97 Å². The summed E-state index contributed by atoms with van der Waals surface area (Å²) in [5, 5.41) is 0.926. The third-order valence-electron chi connectivity index (χ3n) is 5.16. The van der Waals surface area contributed by atoms with Gasteiger partial charge in [-0.2, -0.15) is 0 Å². The molecule has 3 rings (SSSR count). The van der Waals surface area contributed by atoms with E-state index in [0.717, 1.165) is 12.8 Å². The van der Waals surface area contributed by atoms with Crippen molar-refractivity contribution in [2.24, 2.45) is 0 Å². The number of carbonyl (C=O) groups is 2. The minimum atomic E-state index is -0.419. The highest BCUT2D eigenvalue weighted by Gasteiger charge is 2.22. The van der Waals surface area contributed by atoms with Gasteiger partial charge in [-0.25, -0.2) is 4.79 Å². The van der Waals surface area contributed by atoms with E-state index in [4.69, 9.17) is 32.7 Å². The van der Waals surface area contributed by atoms with E-state index in [1.54, 1.807) is 72.5 Å². The van der Waals surface area contributed by atoms with E-state index in [9.17, 15) is 9.59 Å². The molecule has 5 nitrogen and oxygen atoms in total. The third-order valence-corrected chi connectivity index (χ3v) is 5.87. The molecule has 0 fully saturated rings. The highest BCUT2D eigenvalue weighted by atomic mass is 35.5. The van der Waals surface area contributed by atoms with Gasteiger partial charge < -0.3 is 14.4 Å². The van der Waals surface area contributed by atoms with Crippen LogP contribution in [0.1, 0.15) is 53.0 Å². The van der Waals surface area contributed by atoms with Crippen molar-refractivity contribution in [1.29, 1.82) is 0 Å². The maximum atomic E-state index is 13.7. The lowest BCUT2D eigenvalue weighted by Gasteiger charge is -2.24. The Labute approximate surface area is 210 Å². The fourth-order valence-corrected chi connectivity index (χ4v) is 3.84. The Kier molecular flexibility index (Phi) is 9.37. The van der Waals surface area contributed by atoms with Crippen LogP contribution in [0.3, 0.4) is 0 Å². The van der Waals surface area contributed by atoms with Gasteiger partial charge in [-0.3, -0.25) is 4.79 Å². The Bertz CT molecular complexity index is 1110. The molecule has 7 heteroatoms. The Balaban J connectivity index is 1.96. The highest BCUT2D eigenvalue weighted by Crippen LogP contribution is 2.29. The molecular formula is C27H27Cl2NO4. The number of carbonyl (C=O) groups excluding carboxylic acids is 2. The number of unbranched alkanes of at least 4 members (excludes halogenated alkanes) is 1. The Morgan fingerprint density at radius 3 is 2.21 bits per heavy atom. The van der Waals surface area contributed by atoms with Gasteiger partial charge in [-0.15, -0.1) is 0 Å². The van der Waals surface area contributed by atoms with E-state index in [2.05, 4.69) is 6.92 Å². The van der Waals surface area contributed by atoms with Crippen LogP contribution in [-0.4, -0.2) is 25.1 Å². The average molecular weight is 500 g/mol. The topological polar surface area (TPSA) is 55.8 Å². The van der Waals surface area contributed by atoms with Crippen molar-refractivity contribution in [3.05, 3.63) is 93.5 Å². The molecule has 0 atom stereocenters. The number of hydrogen-bond donors (Lipinski definition) is 0. The van der Waals surface area contributed by atoms with E-state index in [1.165, 1.54) is 0 Å². The maximum Gasteiger partial charge on any atom is 0.338 e. The Morgan fingerprint density at radius 1 is 0.882 bits per heavy atom. The highest BCUT2D eigenvalue weighted by molar-refractivity contribution is 6.36. The third kappa shape index (κ3) is 6.52. The van der Waals surface area contributed by atoms with Crippen LogP contribution in [0, 0.1) is 0 Å². The number of rotatable bonds is 10. The first-order chi connectivity index (χ1) is 16.4. The normalized spacial score (nSPS) is 10.6. The molecule has 0 spiro atoms. The summed E-state index contributed by atoms with van der Waals surface area (Å²) >= 11 is 12.8. The molecule has 0 N–H and O–H groups in total. The molecule has 3 aromatic carbocycles. The molecule has 0 heterocycles. The zero-order valence-electron chi connectivity index (χ0n) is 19.2. The number of nitrogens with zero attached hydrogens (tertiary/aromatic N) is 1. The first-order valence-corrected chi connectivity index (χ1v) is 11.9. The van der Waals surface area contributed by atoms with Gasteiger partial charge in [-0.1, -0.05) is 48.7 Å². The summed E-state index contributed by atoms with van der Waals surface area (Å²) in [5.41, 5.74) is 2.09. The van der Waals surface area contributed by atoms with Gasteiger partial charge in [0.25, 0.3) is 5.91 Å². The van der Waals surface area contributed by atoms with E-state index < -0.39 is 5.97 Å². The quantitative estimate of drug-likeness (QED) is 0.218. The van der Waals surface area contributed by atoms with Crippen molar-refractivity contribution < 1.29 is 19.1 Å². The van der Waals surface area contributed by atoms with Gasteiger partial charge in [0, 0.05) is 26.9 Å². The number of amides is 1. The number of hydrogen-bond acceptors (Lipinski definition) is 4. The van der Waals surface area contributed by atoms with Crippen LogP contribution in [0.4, 0.5) is 5.69 Å². The van der Waals surface area contributed by atoms with Gasteiger partial charge in [0.2, 0.25) is 0 Å². The van der Waals surface area contributed by atoms with Gasteiger partial charge in [-0.05, 0) is 67.9 Å². The summed E-state index contributed by atoms with van der Waals surface area (Å²) in [5.74, 6) is -0.0356. The average Bonchev–Trinajstić information content (AvgIpc) is 2.84. The first-order valence-electron chi connectivity index (χ1n) is 11.2. The van der Waals surface area contributed by atoms with Crippen LogP contribution in [0.2, 0.25) is 10.0 Å². The lowest BCUT2D eigenvalue weighted by molar-refractivity contribution is 0.0526. The zero-order valence-corrected chi connectivity index (χ0v) is 20.7. The molecule has 0 aliphatic heterocycles. The second kappa shape index (κ2) is 12.4. The van der Waals surface area contributed by atoms with Crippen LogP contribution in [0.25, 0.3) is 0 Å². The van der Waals surface area contributed by atoms with Crippen LogP contribution in [-0.2, 0) is 11.3 Å². The lowest BCUT2D eigenvalue weighted by Crippen LogP contribution is -2.30. The molecule has 3 aromatic rings. The summed E-state index contributed by atoms with van der Waals surface area (Å²) in [7, 11) is 0. The number of esters is 1. The first kappa shape index (κ1) is 25.6.